The molecular weight excluding hydrogens is 447 g/mol. The van der Waals surface area contributed by atoms with Crippen molar-refractivity contribution in [3.63, 3.8) is 0 Å². The Hall–Kier alpha value is -2.81. The molecule has 2 fully saturated rings. The van der Waals surface area contributed by atoms with E-state index in [0.717, 1.165) is 13.1 Å². The average Bonchev–Trinajstić information content (AvgIpc) is 2.86. The molecule has 0 bridgehead atoms. The fourth-order valence-electron chi connectivity index (χ4n) is 5.03. The molecule has 2 aromatic carbocycles. The van der Waals surface area contributed by atoms with Crippen molar-refractivity contribution in [1.29, 1.82) is 0 Å². The van der Waals surface area contributed by atoms with E-state index in [9.17, 15) is 14.0 Å². The maximum Gasteiger partial charge on any atom is 0.234 e. The first kappa shape index (κ1) is 25.3. The van der Waals surface area contributed by atoms with E-state index in [4.69, 9.17) is 4.74 Å². The van der Waals surface area contributed by atoms with Crippen molar-refractivity contribution >= 4 is 17.4 Å². The van der Waals surface area contributed by atoms with Gasteiger partial charge in [-0.2, -0.15) is 0 Å². The van der Waals surface area contributed by atoms with E-state index in [1.165, 1.54) is 18.6 Å². The SMILES string of the molecule is CC(=O)c1ccc(N2CCN(CC(=O)N[C@@H](C)[C@H](c3ccccc3)N3CCOCC3)CC2)c(F)c1. The molecule has 0 spiro atoms. The van der Waals surface area contributed by atoms with Gasteiger partial charge in [0.05, 0.1) is 31.5 Å². The van der Waals surface area contributed by atoms with Crippen LogP contribution in [0.2, 0.25) is 0 Å². The van der Waals surface area contributed by atoms with Crippen LogP contribution in [-0.2, 0) is 9.53 Å². The molecule has 2 aromatic rings. The molecule has 2 aliphatic heterocycles. The van der Waals surface area contributed by atoms with Crippen molar-refractivity contribution in [3.05, 3.63) is 65.5 Å². The Morgan fingerprint density at radius 3 is 2.31 bits per heavy atom. The summed E-state index contributed by atoms with van der Waals surface area (Å²) in [6.07, 6.45) is 0. The van der Waals surface area contributed by atoms with Gasteiger partial charge in [-0.3, -0.25) is 19.4 Å². The number of nitrogens with one attached hydrogen (secondary N) is 1. The van der Waals surface area contributed by atoms with Crippen molar-refractivity contribution in [2.24, 2.45) is 0 Å². The number of carbonyl (C=O) groups excluding carboxylic acids is 2. The van der Waals surface area contributed by atoms with Gasteiger partial charge in [-0.25, -0.2) is 4.39 Å². The van der Waals surface area contributed by atoms with E-state index >= 15 is 0 Å². The van der Waals surface area contributed by atoms with Gasteiger partial charge in [0.2, 0.25) is 5.91 Å². The van der Waals surface area contributed by atoms with Crippen LogP contribution in [0, 0.1) is 5.82 Å². The average molecular weight is 483 g/mol. The molecule has 8 heteroatoms. The van der Waals surface area contributed by atoms with Gasteiger partial charge in [-0.05, 0) is 37.6 Å². The van der Waals surface area contributed by atoms with Crippen molar-refractivity contribution in [1.82, 2.24) is 15.1 Å². The van der Waals surface area contributed by atoms with Gasteiger partial charge >= 0.3 is 0 Å². The Morgan fingerprint density at radius 2 is 1.69 bits per heavy atom. The number of amides is 1. The van der Waals surface area contributed by atoms with Crippen molar-refractivity contribution in [3.8, 4) is 0 Å². The van der Waals surface area contributed by atoms with Crippen LogP contribution in [0.1, 0.15) is 35.8 Å². The second kappa shape index (κ2) is 11.7. The van der Waals surface area contributed by atoms with Crippen LogP contribution < -0.4 is 10.2 Å². The summed E-state index contributed by atoms with van der Waals surface area (Å²) in [6, 6.07) is 15.0. The van der Waals surface area contributed by atoms with Crippen molar-refractivity contribution in [2.45, 2.75) is 25.9 Å². The number of carbonyl (C=O) groups is 2. The number of morpholine rings is 1. The van der Waals surface area contributed by atoms with Gasteiger partial charge in [-0.1, -0.05) is 30.3 Å². The van der Waals surface area contributed by atoms with Crippen LogP contribution in [0.3, 0.4) is 0 Å². The summed E-state index contributed by atoms with van der Waals surface area (Å²) in [5.74, 6) is -0.534. The Balaban J connectivity index is 1.31. The lowest BCUT2D eigenvalue weighted by Gasteiger charge is -2.39. The largest absolute Gasteiger partial charge is 0.379 e. The predicted octanol–water partition coefficient (Wildman–Crippen LogP) is 2.73. The summed E-state index contributed by atoms with van der Waals surface area (Å²) in [5, 5.41) is 3.22. The molecular formula is C27H35FN4O3. The summed E-state index contributed by atoms with van der Waals surface area (Å²) in [4.78, 5) is 30.9. The van der Waals surface area contributed by atoms with E-state index < -0.39 is 0 Å². The molecule has 2 atom stereocenters. The van der Waals surface area contributed by atoms with Gasteiger partial charge in [0.1, 0.15) is 5.82 Å². The molecule has 0 unspecified atom stereocenters. The molecule has 188 valence electrons. The van der Waals surface area contributed by atoms with E-state index in [1.54, 1.807) is 12.1 Å². The normalized spacial score (nSPS) is 19.2. The van der Waals surface area contributed by atoms with Crippen LogP contribution in [-0.4, -0.2) is 86.6 Å². The minimum Gasteiger partial charge on any atom is -0.379 e. The summed E-state index contributed by atoms with van der Waals surface area (Å²) in [5.41, 5.74) is 2.07. The Bertz CT molecular complexity index is 1000. The van der Waals surface area contributed by atoms with Gasteiger partial charge in [0, 0.05) is 50.9 Å². The zero-order valence-electron chi connectivity index (χ0n) is 20.6. The van der Waals surface area contributed by atoms with Gasteiger partial charge in [0.25, 0.3) is 0 Å². The van der Waals surface area contributed by atoms with Crippen LogP contribution in [0.25, 0.3) is 0 Å². The maximum atomic E-state index is 14.5. The third kappa shape index (κ3) is 6.45. The number of hydrogen-bond donors (Lipinski definition) is 1. The molecule has 0 aromatic heterocycles. The fraction of sp³-hybridized carbons (Fsp3) is 0.481. The molecule has 1 amide bonds. The summed E-state index contributed by atoms with van der Waals surface area (Å²) < 4.78 is 20.1. The lowest BCUT2D eigenvalue weighted by molar-refractivity contribution is -0.123. The van der Waals surface area contributed by atoms with Gasteiger partial charge < -0.3 is 15.0 Å². The number of halogens is 1. The highest BCUT2D eigenvalue weighted by Gasteiger charge is 2.29. The highest BCUT2D eigenvalue weighted by atomic mass is 19.1. The number of hydrogen-bond acceptors (Lipinski definition) is 6. The van der Waals surface area contributed by atoms with Gasteiger partial charge in [0.15, 0.2) is 5.78 Å². The lowest BCUT2D eigenvalue weighted by Crippen LogP contribution is -2.52. The minimum absolute atomic E-state index is 0.00266. The number of piperazine rings is 1. The Labute approximate surface area is 206 Å². The molecule has 35 heavy (non-hydrogen) atoms. The second-order valence-corrected chi connectivity index (χ2v) is 9.35. The van der Waals surface area contributed by atoms with Crippen LogP contribution in [0.15, 0.2) is 48.5 Å². The lowest BCUT2D eigenvalue weighted by atomic mass is 9.98. The molecule has 0 saturated carbocycles. The molecule has 7 nitrogen and oxygen atoms in total. The zero-order valence-corrected chi connectivity index (χ0v) is 20.6. The first-order valence-corrected chi connectivity index (χ1v) is 12.4. The quantitative estimate of drug-likeness (QED) is 0.584. The highest BCUT2D eigenvalue weighted by molar-refractivity contribution is 5.94. The van der Waals surface area contributed by atoms with Crippen molar-refractivity contribution < 1.29 is 18.7 Å². The topological polar surface area (TPSA) is 65.1 Å². The number of ketones is 1. The first-order chi connectivity index (χ1) is 16.9. The summed E-state index contributed by atoms with van der Waals surface area (Å²) in [6.45, 7) is 9.48. The Kier molecular flexibility index (Phi) is 8.49. The monoisotopic (exact) mass is 482 g/mol. The molecule has 0 radical (unpaired) electrons. The maximum absolute atomic E-state index is 14.5. The van der Waals surface area contributed by atoms with E-state index in [-0.39, 0.29) is 29.6 Å². The number of nitrogens with zero attached hydrogens (tertiary/aromatic N) is 3. The van der Waals surface area contributed by atoms with E-state index in [1.807, 2.05) is 23.1 Å². The van der Waals surface area contributed by atoms with Crippen LogP contribution in [0.5, 0.6) is 0 Å². The van der Waals surface area contributed by atoms with Gasteiger partial charge in [-0.15, -0.1) is 0 Å². The molecule has 2 heterocycles. The molecule has 2 aliphatic rings. The third-order valence-electron chi connectivity index (χ3n) is 6.88. The Morgan fingerprint density at radius 1 is 1.00 bits per heavy atom. The van der Waals surface area contributed by atoms with E-state index in [2.05, 4.69) is 34.2 Å². The molecule has 2 saturated heterocycles. The van der Waals surface area contributed by atoms with Crippen LogP contribution >= 0.6 is 0 Å². The van der Waals surface area contributed by atoms with E-state index in [0.29, 0.717) is 57.2 Å². The smallest absolute Gasteiger partial charge is 0.234 e. The first-order valence-electron chi connectivity index (χ1n) is 12.4. The van der Waals surface area contributed by atoms with Crippen LogP contribution in [0.4, 0.5) is 10.1 Å². The van der Waals surface area contributed by atoms with Crippen molar-refractivity contribution in [2.75, 3.05) is 63.9 Å². The minimum atomic E-state index is -0.382. The summed E-state index contributed by atoms with van der Waals surface area (Å²) >= 11 is 0. The summed E-state index contributed by atoms with van der Waals surface area (Å²) in [7, 11) is 0. The molecule has 4 rings (SSSR count). The third-order valence-corrected chi connectivity index (χ3v) is 6.88. The number of Topliss-reactive ketones (excluding diaryl/α,β-unsaturated/α-hetero) is 1. The number of anilines is 1. The second-order valence-electron chi connectivity index (χ2n) is 9.35. The number of ether oxygens (including phenoxy) is 1. The highest BCUT2D eigenvalue weighted by Crippen LogP contribution is 2.26. The predicted molar refractivity (Wildman–Crippen MR) is 134 cm³/mol. The standard InChI is InChI=1S/C27H35FN4O3/c1-20(27(22-6-4-3-5-7-22)32-14-16-35-17-15-32)29-26(34)19-30-10-12-31(13-11-30)25-9-8-23(21(2)33)18-24(25)28/h3-9,18,20,27H,10-17,19H2,1-2H3,(H,29,34)/t20-,27+/m0/s1. The fourth-order valence-corrected chi connectivity index (χ4v) is 5.03. The number of rotatable bonds is 8. The molecule has 0 aliphatic carbocycles. The number of benzene rings is 2. The molecule has 1 N–H and O–H groups in total. The zero-order chi connectivity index (χ0) is 24.8.